The molecule has 0 aliphatic carbocycles. The van der Waals surface area contributed by atoms with Gasteiger partial charge in [0.25, 0.3) is 0 Å². The second-order valence-corrected chi connectivity index (χ2v) is 5.00. The fourth-order valence-corrected chi connectivity index (χ4v) is 2.55. The molecule has 0 bridgehead atoms. The molecule has 1 heterocycles. The zero-order valence-corrected chi connectivity index (χ0v) is 11.9. The Hall–Kier alpha value is -1.26. The highest BCUT2D eigenvalue weighted by Gasteiger charge is 2.25. The highest BCUT2D eigenvalue weighted by atomic mass is 16.5. The first kappa shape index (κ1) is 14.2. The predicted molar refractivity (Wildman–Crippen MR) is 75.1 cm³/mol. The summed E-state index contributed by atoms with van der Waals surface area (Å²) in [5.41, 5.74) is 1.24. The number of hydrogen-bond donors (Lipinski definition) is 1. The van der Waals surface area contributed by atoms with Crippen molar-refractivity contribution in [2.45, 2.75) is 12.3 Å². The van der Waals surface area contributed by atoms with Crippen LogP contribution >= 0.6 is 0 Å². The van der Waals surface area contributed by atoms with Crippen LogP contribution in [0.25, 0.3) is 0 Å². The summed E-state index contributed by atoms with van der Waals surface area (Å²) in [6, 6.07) is 6.06. The summed E-state index contributed by atoms with van der Waals surface area (Å²) in [7, 11) is 5.37. The van der Waals surface area contributed by atoms with Crippen molar-refractivity contribution in [2.75, 3.05) is 41.0 Å². The summed E-state index contributed by atoms with van der Waals surface area (Å²) in [5.74, 6) is 2.85. The van der Waals surface area contributed by atoms with E-state index in [1.54, 1.807) is 14.2 Å². The largest absolute Gasteiger partial charge is 0.497 e. The first-order chi connectivity index (χ1) is 9.28. The standard InChI is InChI=1S/C15H23NO3/c1-16-8-12(6-11-9-19-10-11)14-5-4-13(17-2)7-15(14)18-3/h4-5,7,11-12,16H,6,8-10H2,1-3H3. The Bertz CT molecular complexity index is 404. The fraction of sp³-hybridized carbons (Fsp3) is 0.600. The molecule has 0 aromatic heterocycles. The van der Waals surface area contributed by atoms with E-state index in [2.05, 4.69) is 11.4 Å². The van der Waals surface area contributed by atoms with Gasteiger partial charge in [0, 0.05) is 24.4 Å². The second kappa shape index (κ2) is 6.78. The van der Waals surface area contributed by atoms with Crippen molar-refractivity contribution in [3.63, 3.8) is 0 Å². The fourth-order valence-electron chi connectivity index (χ4n) is 2.55. The normalized spacial score (nSPS) is 16.8. The number of ether oxygens (including phenoxy) is 3. The van der Waals surface area contributed by atoms with Crippen LogP contribution in [0, 0.1) is 5.92 Å². The van der Waals surface area contributed by atoms with Gasteiger partial charge < -0.3 is 19.5 Å². The van der Waals surface area contributed by atoms with Crippen molar-refractivity contribution in [2.24, 2.45) is 5.92 Å². The summed E-state index contributed by atoms with van der Waals surface area (Å²) >= 11 is 0. The second-order valence-electron chi connectivity index (χ2n) is 5.00. The summed E-state index contributed by atoms with van der Waals surface area (Å²) in [6.45, 7) is 2.72. The zero-order chi connectivity index (χ0) is 13.7. The van der Waals surface area contributed by atoms with Crippen LogP contribution in [-0.4, -0.2) is 41.0 Å². The lowest BCUT2D eigenvalue weighted by molar-refractivity contribution is -0.0385. The maximum absolute atomic E-state index is 5.51. The van der Waals surface area contributed by atoms with Crippen molar-refractivity contribution >= 4 is 0 Å². The average molecular weight is 265 g/mol. The first-order valence-electron chi connectivity index (χ1n) is 6.72. The highest BCUT2D eigenvalue weighted by Crippen LogP contribution is 2.35. The topological polar surface area (TPSA) is 39.7 Å². The van der Waals surface area contributed by atoms with E-state index >= 15 is 0 Å². The molecule has 1 saturated heterocycles. The first-order valence-corrected chi connectivity index (χ1v) is 6.72. The Kier molecular flexibility index (Phi) is 5.05. The molecule has 0 amide bonds. The van der Waals surface area contributed by atoms with Crippen LogP contribution in [0.4, 0.5) is 0 Å². The van der Waals surface area contributed by atoms with Gasteiger partial charge in [-0.05, 0) is 25.1 Å². The van der Waals surface area contributed by atoms with Gasteiger partial charge >= 0.3 is 0 Å². The van der Waals surface area contributed by atoms with E-state index in [0.29, 0.717) is 11.8 Å². The van der Waals surface area contributed by atoms with Gasteiger partial charge in [0.2, 0.25) is 0 Å². The Labute approximate surface area is 115 Å². The molecule has 1 aromatic carbocycles. The van der Waals surface area contributed by atoms with E-state index < -0.39 is 0 Å². The molecule has 1 N–H and O–H groups in total. The van der Waals surface area contributed by atoms with Crippen molar-refractivity contribution in [3.8, 4) is 11.5 Å². The zero-order valence-electron chi connectivity index (χ0n) is 11.9. The molecule has 4 heteroatoms. The van der Waals surface area contributed by atoms with Crippen LogP contribution in [0.3, 0.4) is 0 Å². The third-order valence-corrected chi connectivity index (χ3v) is 3.66. The van der Waals surface area contributed by atoms with E-state index in [0.717, 1.165) is 37.7 Å². The van der Waals surface area contributed by atoms with Gasteiger partial charge in [-0.3, -0.25) is 0 Å². The molecule has 1 atom stereocenters. The smallest absolute Gasteiger partial charge is 0.126 e. The molecule has 1 aliphatic rings. The van der Waals surface area contributed by atoms with E-state index in [9.17, 15) is 0 Å². The van der Waals surface area contributed by atoms with Gasteiger partial charge in [0.15, 0.2) is 0 Å². The third-order valence-electron chi connectivity index (χ3n) is 3.66. The maximum atomic E-state index is 5.51. The Morgan fingerprint density at radius 2 is 2.11 bits per heavy atom. The van der Waals surface area contributed by atoms with Gasteiger partial charge in [0.1, 0.15) is 11.5 Å². The minimum absolute atomic E-state index is 0.444. The number of nitrogens with one attached hydrogen (secondary N) is 1. The quantitative estimate of drug-likeness (QED) is 0.819. The van der Waals surface area contributed by atoms with Gasteiger partial charge in [-0.1, -0.05) is 6.07 Å². The molecule has 0 spiro atoms. The molecule has 1 unspecified atom stereocenters. The molecule has 1 aromatic rings. The molecule has 19 heavy (non-hydrogen) atoms. The van der Waals surface area contributed by atoms with Gasteiger partial charge in [-0.25, -0.2) is 0 Å². The van der Waals surface area contributed by atoms with Crippen LogP contribution in [0.5, 0.6) is 11.5 Å². The van der Waals surface area contributed by atoms with Crippen molar-refractivity contribution < 1.29 is 14.2 Å². The minimum atomic E-state index is 0.444. The number of benzene rings is 1. The Balaban J connectivity index is 2.18. The minimum Gasteiger partial charge on any atom is -0.497 e. The third kappa shape index (κ3) is 3.39. The number of hydrogen-bond acceptors (Lipinski definition) is 4. The lowest BCUT2D eigenvalue weighted by Crippen LogP contribution is -2.31. The summed E-state index contributed by atoms with van der Waals surface area (Å²) in [6.07, 6.45) is 1.13. The number of likely N-dealkylation sites (N-methyl/N-ethyl adjacent to an activating group) is 1. The lowest BCUT2D eigenvalue weighted by Gasteiger charge is -2.30. The average Bonchev–Trinajstić information content (AvgIpc) is 2.40. The molecular weight excluding hydrogens is 242 g/mol. The van der Waals surface area contributed by atoms with Crippen molar-refractivity contribution in [1.82, 2.24) is 5.32 Å². The van der Waals surface area contributed by atoms with E-state index in [4.69, 9.17) is 14.2 Å². The highest BCUT2D eigenvalue weighted by molar-refractivity contribution is 5.43. The monoisotopic (exact) mass is 265 g/mol. The molecule has 0 saturated carbocycles. The number of methoxy groups -OCH3 is 2. The van der Waals surface area contributed by atoms with Crippen LogP contribution in [0.1, 0.15) is 17.9 Å². The molecule has 1 aliphatic heterocycles. The van der Waals surface area contributed by atoms with E-state index in [-0.39, 0.29) is 0 Å². The predicted octanol–water partition coefficient (Wildman–Crippen LogP) is 2.04. The summed E-state index contributed by atoms with van der Waals surface area (Å²) in [4.78, 5) is 0. The molecule has 106 valence electrons. The Morgan fingerprint density at radius 1 is 1.32 bits per heavy atom. The Morgan fingerprint density at radius 3 is 2.63 bits per heavy atom. The maximum Gasteiger partial charge on any atom is 0.126 e. The van der Waals surface area contributed by atoms with E-state index in [1.807, 2.05) is 19.2 Å². The molecular formula is C15H23NO3. The van der Waals surface area contributed by atoms with Gasteiger partial charge in [0.05, 0.1) is 27.4 Å². The lowest BCUT2D eigenvalue weighted by atomic mass is 9.87. The van der Waals surface area contributed by atoms with Crippen LogP contribution < -0.4 is 14.8 Å². The van der Waals surface area contributed by atoms with Crippen LogP contribution in [-0.2, 0) is 4.74 Å². The van der Waals surface area contributed by atoms with Crippen LogP contribution in [0.2, 0.25) is 0 Å². The van der Waals surface area contributed by atoms with E-state index in [1.165, 1.54) is 5.56 Å². The summed E-state index contributed by atoms with van der Waals surface area (Å²) in [5, 5.41) is 3.27. The SMILES string of the molecule is CNCC(CC1COC1)c1ccc(OC)cc1OC. The molecule has 2 rings (SSSR count). The summed E-state index contributed by atoms with van der Waals surface area (Å²) < 4.78 is 16.0. The van der Waals surface area contributed by atoms with Crippen molar-refractivity contribution in [3.05, 3.63) is 23.8 Å². The van der Waals surface area contributed by atoms with Crippen molar-refractivity contribution in [1.29, 1.82) is 0 Å². The molecule has 1 fully saturated rings. The van der Waals surface area contributed by atoms with Crippen LogP contribution in [0.15, 0.2) is 18.2 Å². The molecule has 4 nitrogen and oxygen atoms in total. The van der Waals surface area contributed by atoms with Gasteiger partial charge in [-0.15, -0.1) is 0 Å². The number of rotatable bonds is 7. The van der Waals surface area contributed by atoms with Gasteiger partial charge in [-0.2, -0.15) is 0 Å². The molecule has 0 radical (unpaired) electrons.